The first-order chi connectivity index (χ1) is 7.20. The number of nitrogens with one attached hydrogen (secondary N) is 1. The summed E-state index contributed by atoms with van der Waals surface area (Å²) in [6.45, 7) is 7.62. The first kappa shape index (κ1) is 13.6. The normalized spacial score (nSPS) is 13.7. The zero-order valence-electron chi connectivity index (χ0n) is 9.81. The number of aliphatic hydroxyl groups is 1. The summed E-state index contributed by atoms with van der Waals surface area (Å²) >= 11 is 12.1. The fraction of sp³-hybridized carbons (Fsp3) is 0.545. The van der Waals surface area contributed by atoms with Crippen LogP contribution in [0.1, 0.15) is 39.5 Å². The highest BCUT2D eigenvalue weighted by atomic mass is 35.5. The Hall–Kier alpha value is -0.510. The van der Waals surface area contributed by atoms with Crippen LogP contribution in [0.4, 0.5) is 5.69 Å². The van der Waals surface area contributed by atoms with Crippen LogP contribution in [0.5, 0.6) is 0 Å². The lowest BCUT2D eigenvalue weighted by atomic mass is 10.1. The van der Waals surface area contributed by atoms with Gasteiger partial charge in [-0.3, -0.25) is 0 Å². The molecule has 1 atom stereocenters. The smallest absolute Gasteiger partial charge is 0.154 e. The number of aromatic nitrogens is 1. The van der Waals surface area contributed by atoms with Crippen molar-refractivity contribution < 1.29 is 5.11 Å². The summed E-state index contributed by atoms with van der Waals surface area (Å²) in [6, 6.07) is 1.62. The minimum atomic E-state index is -0.682. The highest BCUT2D eigenvalue weighted by Crippen LogP contribution is 2.32. The average Bonchev–Trinajstić information content (AvgIpc) is 2.09. The van der Waals surface area contributed by atoms with E-state index in [0.717, 1.165) is 0 Å². The van der Waals surface area contributed by atoms with Crippen molar-refractivity contribution in [1.82, 2.24) is 4.98 Å². The van der Waals surface area contributed by atoms with E-state index in [4.69, 9.17) is 23.2 Å². The van der Waals surface area contributed by atoms with Crippen molar-refractivity contribution in [3.8, 4) is 0 Å². The number of pyridine rings is 1. The minimum absolute atomic E-state index is 0.151. The lowest BCUT2D eigenvalue weighted by Gasteiger charge is -2.23. The van der Waals surface area contributed by atoms with Crippen molar-refractivity contribution in [2.24, 2.45) is 0 Å². The van der Waals surface area contributed by atoms with Crippen molar-refractivity contribution in [3.63, 3.8) is 0 Å². The highest BCUT2D eigenvalue weighted by Gasteiger charge is 2.17. The third-order valence-electron chi connectivity index (χ3n) is 1.88. The van der Waals surface area contributed by atoms with E-state index in [1.54, 1.807) is 13.0 Å². The van der Waals surface area contributed by atoms with Crippen LogP contribution in [0.25, 0.3) is 0 Å². The van der Waals surface area contributed by atoms with Gasteiger partial charge in [0.1, 0.15) is 0 Å². The van der Waals surface area contributed by atoms with E-state index < -0.39 is 6.10 Å². The molecule has 3 nitrogen and oxygen atoms in total. The fourth-order valence-corrected chi connectivity index (χ4v) is 1.75. The Balaban J connectivity index is 3.13. The van der Waals surface area contributed by atoms with Crippen LogP contribution >= 0.6 is 23.2 Å². The van der Waals surface area contributed by atoms with Crippen molar-refractivity contribution >= 4 is 28.9 Å². The Bertz CT molecular complexity index is 363. The van der Waals surface area contributed by atoms with Crippen LogP contribution in [-0.2, 0) is 0 Å². The maximum atomic E-state index is 9.40. The van der Waals surface area contributed by atoms with E-state index >= 15 is 0 Å². The summed E-state index contributed by atoms with van der Waals surface area (Å²) in [6.07, 6.45) is -0.682. The Kier molecular flexibility index (Phi) is 4.05. The maximum absolute atomic E-state index is 9.40. The van der Waals surface area contributed by atoms with Crippen molar-refractivity contribution in [2.45, 2.75) is 39.3 Å². The number of aliphatic hydroxyl groups excluding tert-OH is 1. The highest BCUT2D eigenvalue weighted by molar-refractivity contribution is 6.38. The molecule has 1 rings (SSSR count). The van der Waals surface area contributed by atoms with E-state index in [-0.39, 0.29) is 10.7 Å². The number of halogens is 2. The quantitative estimate of drug-likeness (QED) is 0.800. The summed E-state index contributed by atoms with van der Waals surface area (Å²) < 4.78 is 0. The molecule has 0 saturated carbocycles. The number of nitrogens with zero attached hydrogens (tertiary/aromatic N) is 1. The Morgan fingerprint density at radius 2 is 1.94 bits per heavy atom. The Morgan fingerprint density at radius 3 is 2.31 bits per heavy atom. The predicted octanol–water partition coefficient (Wildman–Crippen LogP) is 3.65. The fourth-order valence-electron chi connectivity index (χ4n) is 1.20. The van der Waals surface area contributed by atoms with Gasteiger partial charge in [0, 0.05) is 5.54 Å². The number of hydrogen-bond donors (Lipinski definition) is 2. The molecule has 0 saturated heterocycles. The molecular weight excluding hydrogens is 247 g/mol. The second kappa shape index (κ2) is 4.78. The SMILES string of the molecule is CC(O)c1cc(Cl)c(NC(C)(C)C)c(Cl)n1. The van der Waals surface area contributed by atoms with Crippen molar-refractivity contribution in [2.75, 3.05) is 5.32 Å². The zero-order chi connectivity index (χ0) is 12.5. The molecule has 0 aliphatic rings. The predicted molar refractivity (Wildman–Crippen MR) is 68.3 cm³/mol. The number of rotatable bonds is 2. The third-order valence-corrected chi connectivity index (χ3v) is 2.45. The summed E-state index contributed by atoms with van der Waals surface area (Å²) in [5.41, 5.74) is 0.913. The molecule has 0 bridgehead atoms. The topological polar surface area (TPSA) is 45.1 Å². The third kappa shape index (κ3) is 3.51. The first-order valence-electron chi connectivity index (χ1n) is 5.03. The van der Waals surface area contributed by atoms with Crippen molar-refractivity contribution in [3.05, 3.63) is 21.9 Å². The molecule has 0 aromatic carbocycles. The molecule has 2 N–H and O–H groups in total. The van der Waals surface area contributed by atoms with Crippen LogP contribution in [0.3, 0.4) is 0 Å². The lowest BCUT2D eigenvalue weighted by Crippen LogP contribution is -2.26. The summed E-state index contributed by atoms with van der Waals surface area (Å²) in [5.74, 6) is 0. The molecule has 1 heterocycles. The van der Waals surface area contributed by atoms with Gasteiger partial charge in [0.05, 0.1) is 22.5 Å². The van der Waals surface area contributed by atoms with Crippen LogP contribution in [-0.4, -0.2) is 15.6 Å². The van der Waals surface area contributed by atoms with Crippen LogP contribution in [0.2, 0.25) is 10.2 Å². The van der Waals surface area contributed by atoms with E-state index in [1.165, 1.54) is 0 Å². The molecule has 0 amide bonds. The molecule has 0 aliphatic heterocycles. The zero-order valence-corrected chi connectivity index (χ0v) is 11.3. The number of anilines is 1. The van der Waals surface area contributed by atoms with Gasteiger partial charge in [-0.1, -0.05) is 23.2 Å². The van der Waals surface area contributed by atoms with E-state index in [9.17, 15) is 5.11 Å². The standard InChI is InChI=1S/C11H16Cl2N2O/c1-6(16)8-5-7(12)9(10(13)14-8)15-11(2,3)4/h5-6,15-16H,1-4H3. The average molecular weight is 263 g/mol. The lowest BCUT2D eigenvalue weighted by molar-refractivity contribution is 0.194. The van der Waals surface area contributed by atoms with Crippen LogP contribution < -0.4 is 5.32 Å². The van der Waals surface area contributed by atoms with Gasteiger partial charge in [0.25, 0.3) is 0 Å². The molecule has 5 heteroatoms. The minimum Gasteiger partial charge on any atom is -0.387 e. The summed E-state index contributed by atoms with van der Waals surface area (Å²) in [4.78, 5) is 4.09. The number of hydrogen-bond acceptors (Lipinski definition) is 3. The molecule has 1 aromatic heterocycles. The van der Waals surface area contributed by atoms with Gasteiger partial charge < -0.3 is 10.4 Å². The molecule has 1 unspecified atom stereocenters. The second-order valence-electron chi connectivity index (χ2n) is 4.75. The van der Waals surface area contributed by atoms with Gasteiger partial charge in [-0.05, 0) is 33.8 Å². The Labute approximate surface area is 106 Å². The molecule has 1 aromatic rings. The Morgan fingerprint density at radius 1 is 1.38 bits per heavy atom. The van der Waals surface area contributed by atoms with Gasteiger partial charge in [-0.15, -0.1) is 0 Å². The van der Waals surface area contributed by atoms with E-state index in [0.29, 0.717) is 16.4 Å². The largest absolute Gasteiger partial charge is 0.387 e. The monoisotopic (exact) mass is 262 g/mol. The molecule has 16 heavy (non-hydrogen) atoms. The van der Waals surface area contributed by atoms with Crippen molar-refractivity contribution in [1.29, 1.82) is 0 Å². The first-order valence-corrected chi connectivity index (χ1v) is 5.78. The van der Waals surface area contributed by atoms with Crippen LogP contribution in [0, 0.1) is 0 Å². The van der Waals surface area contributed by atoms with E-state index in [1.807, 2.05) is 20.8 Å². The van der Waals surface area contributed by atoms with Gasteiger partial charge in [0.15, 0.2) is 5.15 Å². The van der Waals surface area contributed by atoms with Gasteiger partial charge in [-0.25, -0.2) is 4.98 Å². The summed E-state index contributed by atoms with van der Waals surface area (Å²) in [5, 5.41) is 13.3. The molecular formula is C11H16Cl2N2O. The van der Waals surface area contributed by atoms with Gasteiger partial charge in [-0.2, -0.15) is 0 Å². The molecule has 90 valence electrons. The molecule has 0 aliphatic carbocycles. The second-order valence-corrected chi connectivity index (χ2v) is 5.51. The molecule has 0 radical (unpaired) electrons. The summed E-state index contributed by atoms with van der Waals surface area (Å²) in [7, 11) is 0. The van der Waals surface area contributed by atoms with Gasteiger partial charge >= 0.3 is 0 Å². The molecule has 0 spiro atoms. The van der Waals surface area contributed by atoms with E-state index in [2.05, 4.69) is 10.3 Å². The maximum Gasteiger partial charge on any atom is 0.154 e. The molecule has 0 fully saturated rings. The van der Waals surface area contributed by atoms with Gasteiger partial charge in [0.2, 0.25) is 0 Å². The van der Waals surface area contributed by atoms with Crippen LogP contribution in [0.15, 0.2) is 6.07 Å².